The second kappa shape index (κ2) is 14.2. The van der Waals surface area contributed by atoms with Crippen molar-refractivity contribution in [2.75, 3.05) is 56.9 Å². The van der Waals surface area contributed by atoms with E-state index in [0.717, 1.165) is 53.0 Å². The molecule has 40 heavy (non-hydrogen) atoms. The molecule has 0 bridgehead atoms. The average Bonchev–Trinajstić information content (AvgIpc) is 3.64. The minimum absolute atomic E-state index is 0.464. The van der Waals surface area contributed by atoms with E-state index in [4.69, 9.17) is 23.9 Å². The topological polar surface area (TPSA) is 56.3 Å². The summed E-state index contributed by atoms with van der Waals surface area (Å²) in [7, 11) is 3.38. The zero-order valence-corrected chi connectivity index (χ0v) is 24.1. The SMILES string of the molecule is COc1cccc(CN(Cc2cccc(OC)c2)c2nc(COCCOCCN3CCc4ccccc43)cs2)c1. The number of hydrogen-bond donors (Lipinski definition) is 0. The third-order valence-corrected chi connectivity index (χ3v) is 7.89. The van der Waals surface area contributed by atoms with E-state index in [1.54, 1.807) is 25.6 Å². The maximum atomic E-state index is 5.89. The van der Waals surface area contributed by atoms with Gasteiger partial charge in [-0.15, -0.1) is 11.3 Å². The molecule has 0 unspecified atom stereocenters. The normalized spacial score (nSPS) is 12.4. The van der Waals surface area contributed by atoms with Gasteiger partial charge >= 0.3 is 0 Å². The molecule has 2 heterocycles. The van der Waals surface area contributed by atoms with Crippen molar-refractivity contribution in [1.29, 1.82) is 0 Å². The third kappa shape index (κ3) is 7.53. The van der Waals surface area contributed by atoms with Crippen LogP contribution < -0.4 is 19.3 Å². The quantitative estimate of drug-likeness (QED) is 0.167. The molecule has 0 amide bonds. The van der Waals surface area contributed by atoms with Crippen LogP contribution in [0.1, 0.15) is 22.4 Å². The molecule has 7 nitrogen and oxygen atoms in total. The van der Waals surface area contributed by atoms with Crippen molar-refractivity contribution in [3.8, 4) is 11.5 Å². The van der Waals surface area contributed by atoms with E-state index in [0.29, 0.717) is 39.5 Å². The number of thiazole rings is 1. The highest BCUT2D eigenvalue weighted by Gasteiger charge is 2.17. The van der Waals surface area contributed by atoms with Gasteiger partial charge in [0.1, 0.15) is 11.5 Å². The summed E-state index contributed by atoms with van der Waals surface area (Å²) >= 11 is 1.63. The van der Waals surface area contributed by atoms with E-state index in [-0.39, 0.29) is 0 Å². The highest BCUT2D eigenvalue weighted by Crippen LogP contribution is 2.28. The summed E-state index contributed by atoms with van der Waals surface area (Å²) in [6.07, 6.45) is 1.12. The Labute approximate surface area is 240 Å². The summed E-state index contributed by atoms with van der Waals surface area (Å²) in [5.74, 6) is 1.69. The summed E-state index contributed by atoms with van der Waals surface area (Å²) < 4.78 is 22.6. The fourth-order valence-corrected chi connectivity index (χ4v) is 5.70. The lowest BCUT2D eigenvalue weighted by Crippen LogP contribution is -2.25. The molecule has 0 aliphatic carbocycles. The number of hydrogen-bond acceptors (Lipinski definition) is 8. The van der Waals surface area contributed by atoms with Gasteiger partial charge in [0.25, 0.3) is 0 Å². The number of fused-ring (bicyclic) bond motifs is 1. The summed E-state index contributed by atoms with van der Waals surface area (Å²) in [5, 5.41) is 3.02. The van der Waals surface area contributed by atoms with Gasteiger partial charge in [0.15, 0.2) is 5.13 Å². The predicted molar refractivity (Wildman–Crippen MR) is 161 cm³/mol. The van der Waals surface area contributed by atoms with Gasteiger partial charge in [0, 0.05) is 37.2 Å². The lowest BCUT2D eigenvalue weighted by Gasteiger charge is -2.23. The summed E-state index contributed by atoms with van der Waals surface area (Å²) in [5.41, 5.74) is 6.01. The van der Waals surface area contributed by atoms with Gasteiger partial charge in [-0.2, -0.15) is 0 Å². The van der Waals surface area contributed by atoms with E-state index in [1.165, 1.54) is 11.3 Å². The van der Waals surface area contributed by atoms with E-state index in [9.17, 15) is 0 Å². The maximum Gasteiger partial charge on any atom is 0.186 e. The second-order valence-corrected chi connectivity index (χ2v) is 10.5. The molecule has 210 valence electrons. The summed E-state index contributed by atoms with van der Waals surface area (Å²) in [6, 6.07) is 24.9. The largest absolute Gasteiger partial charge is 0.497 e. The molecule has 0 spiro atoms. The number of methoxy groups -OCH3 is 2. The first-order valence-corrected chi connectivity index (χ1v) is 14.5. The van der Waals surface area contributed by atoms with Crippen molar-refractivity contribution in [1.82, 2.24) is 4.98 Å². The third-order valence-electron chi connectivity index (χ3n) is 6.94. The first-order valence-electron chi connectivity index (χ1n) is 13.7. The van der Waals surface area contributed by atoms with Crippen LogP contribution in [-0.2, 0) is 35.6 Å². The van der Waals surface area contributed by atoms with Gasteiger partial charge in [-0.1, -0.05) is 42.5 Å². The van der Waals surface area contributed by atoms with Gasteiger partial charge in [-0.05, 0) is 53.4 Å². The smallest absolute Gasteiger partial charge is 0.186 e. The monoisotopic (exact) mass is 559 g/mol. The zero-order chi connectivity index (χ0) is 27.6. The van der Waals surface area contributed by atoms with Crippen LogP contribution in [0.4, 0.5) is 10.8 Å². The van der Waals surface area contributed by atoms with Gasteiger partial charge in [0.2, 0.25) is 0 Å². The molecule has 0 fully saturated rings. The van der Waals surface area contributed by atoms with E-state index < -0.39 is 0 Å². The van der Waals surface area contributed by atoms with E-state index in [1.807, 2.05) is 24.3 Å². The number of anilines is 2. The Bertz CT molecular complexity index is 1310. The number of nitrogens with zero attached hydrogens (tertiary/aromatic N) is 3. The van der Waals surface area contributed by atoms with Crippen LogP contribution in [0.25, 0.3) is 0 Å². The predicted octanol–water partition coefficient (Wildman–Crippen LogP) is 5.96. The fraction of sp³-hybridized carbons (Fsp3) is 0.344. The summed E-state index contributed by atoms with van der Waals surface area (Å²) in [6.45, 7) is 5.66. The molecule has 0 atom stereocenters. The molecule has 0 N–H and O–H groups in total. The van der Waals surface area contributed by atoms with E-state index >= 15 is 0 Å². The highest BCUT2D eigenvalue weighted by molar-refractivity contribution is 7.13. The molecule has 0 saturated heterocycles. The van der Waals surface area contributed by atoms with Crippen molar-refractivity contribution in [3.63, 3.8) is 0 Å². The molecular formula is C32H37N3O4S. The first-order chi connectivity index (χ1) is 19.7. The molecule has 1 aliphatic rings. The molecule has 3 aromatic carbocycles. The molecule has 1 aliphatic heterocycles. The zero-order valence-electron chi connectivity index (χ0n) is 23.3. The van der Waals surface area contributed by atoms with Crippen molar-refractivity contribution in [2.45, 2.75) is 26.1 Å². The van der Waals surface area contributed by atoms with Crippen LogP contribution >= 0.6 is 11.3 Å². The molecular weight excluding hydrogens is 522 g/mol. The van der Waals surface area contributed by atoms with Gasteiger partial charge in [0.05, 0.1) is 46.3 Å². The van der Waals surface area contributed by atoms with Crippen molar-refractivity contribution < 1.29 is 18.9 Å². The number of rotatable bonds is 15. The van der Waals surface area contributed by atoms with Gasteiger partial charge in [-0.25, -0.2) is 4.98 Å². The Hall–Kier alpha value is -3.59. The maximum absolute atomic E-state index is 5.89. The average molecular weight is 560 g/mol. The molecule has 0 saturated carbocycles. The van der Waals surface area contributed by atoms with Crippen molar-refractivity contribution >= 4 is 22.2 Å². The molecule has 5 rings (SSSR count). The van der Waals surface area contributed by atoms with Crippen LogP contribution in [0.5, 0.6) is 11.5 Å². The second-order valence-electron chi connectivity index (χ2n) is 9.71. The van der Waals surface area contributed by atoms with Gasteiger partial charge in [-0.3, -0.25) is 0 Å². The first kappa shape index (κ1) is 28.0. The van der Waals surface area contributed by atoms with Crippen LogP contribution in [-0.4, -0.2) is 52.1 Å². The Kier molecular flexibility index (Phi) is 9.90. The minimum atomic E-state index is 0.464. The highest BCUT2D eigenvalue weighted by atomic mass is 32.1. The molecule has 4 aromatic rings. The fourth-order valence-electron chi connectivity index (χ4n) is 4.89. The Morgan fingerprint density at radius 1 is 0.825 bits per heavy atom. The minimum Gasteiger partial charge on any atom is -0.497 e. The van der Waals surface area contributed by atoms with Crippen LogP contribution in [0, 0.1) is 0 Å². The Morgan fingerprint density at radius 2 is 1.52 bits per heavy atom. The number of aromatic nitrogens is 1. The number of para-hydroxylation sites is 1. The standard InChI is InChI=1S/C32H37N3O4S/c1-36-29-10-5-7-25(19-29)21-35(22-26-8-6-11-30(20-26)37-2)32-33-28(24-40-32)23-39-18-17-38-16-15-34-14-13-27-9-3-4-12-31(27)34/h3-12,19-20,24H,13-18,21-23H2,1-2H3. The number of ether oxygens (including phenoxy) is 4. The van der Waals surface area contributed by atoms with Gasteiger partial charge < -0.3 is 28.7 Å². The van der Waals surface area contributed by atoms with Crippen LogP contribution in [0.2, 0.25) is 0 Å². The molecule has 0 radical (unpaired) electrons. The lowest BCUT2D eigenvalue weighted by molar-refractivity contribution is 0.0421. The Balaban J connectivity index is 1.11. The molecule has 8 heteroatoms. The van der Waals surface area contributed by atoms with Crippen LogP contribution in [0.3, 0.4) is 0 Å². The van der Waals surface area contributed by atoms with Crippen molar-refractivity contribution in [2.24, 2.45) is 0 Å². The Morgan fingerprint density at radius 3 is 2.25 bits per heavy atom. The van der Waals surface area contributed by atoms with Crippen molar-refractivity contribution in [3.05, 3.63) is 101 Å². The lowest BCUT2D eigenvalue weighted by atomic mass is 10.1. The number of benzene rings is 3. The summed E-state index contributed by atoms with van der Waals surface area (Å²) in [4.78, 5) is 9.58. The van der Waals surface area contributed by atoms with E-state index in [2.05, 4.69) is 63.7 Å². The van der Waals surface area contributed by atoms with Crippen LogP contribution in [0.15, 0.2) is 78.2 Å². The molecule has 1 aromatic heterocycles.